The number of methoxy groups -OCH3 is 1. The second-order valence-corrected chi connectivity index (χ2v) is 5.26. The fourth-order valence-electron chi connectivity index (χ4n) is 1.93. The van der Waals surface area contributed by atoms with E-state index < -0.39 is 30.0 Å². The number of carbonyl (C=O) groups excluding carboxylic acids is 2. The van der Waals surface area contributed by atoms with E-state index in [2.05, 4.69) is 0 Å². The van der Waals surface area contributed by atoms with E-state index in [0.29, 0.717) is 0 Å². The van der Waals surface area contributed by atoms with Crippen LogP contribution in [0.5, 0.6) is 5.75 Å². The second kappa shape index (κ2) is 8.39. The van der Waals surface area contributed by atoms with Gasteiger partial charge in [-0.15, -0.1) is 0 Å². The molecule has 0 aliphatic carbocycles. The van der Waals surface area contributed by atoms with Crippen LogP contribution >= 0.6 is 11.6 Å². The fourth-order valence-corrected chi connectivity index (χ4v) is 2.16. The van der Waals surface area contributed by atoms with E-state index in [-0.39, 0.29) is 21.9 Å². The molecule has 0 fully saturated rings. The van der Waals surface area contributed by atoms with Crippen LogP contribution in [0.4, 0.5) is 8.78 Å². The minimum Gasteiger partial charge on any atom is -0.494 e. The molecule has 0 saturated heterocycles. The molecule has 0 aromatic heterocycles. The van der Waals surface area contributed by atoms with Gasteiger partial charge >= 0.3 is 5.97 Å². The molecule has 4 nitrogen and oxygen atoms in total. The first kappa shape index (κ1) is 18.6. The molecule has 0 heterocycles. The van der Waals surface area contributed by atoms with Crippen LogP contribution in [0.25, 0.3) is 6.08 Å². The third kappa shape index (κ3) is 4.87. The van der Waals surface area contributed by atoms with Crippen molar-refractivity contribution in [3.63, 3.8) is 0 Å². The number of rotatable bonds is 6. The smallest absolute Gasteiger partial charge is 0.331 e. The van der Waals surface area contributed by atoms with Crippen LogP contribution in [0.3, 0.4) is 0 Å². The van der Waals surface area contributed by atoms with Gasteiger partial charge in [0.05, 0.1) is 12.1 Å². The van der Waals surface area contributed by atoms with Crippen molar-refractivity contribution in [1.29, 1.82) is 0 Å². The molecule has 0 saturated carbocycles. The van der Waals surface area contributed by atoms with Crippen LogP contribution in [0.1, 0.15) is 15.9 Å². The number of carbonyl (C=O) groups is 2. The summed E-state index contributed by atoms with van der Waals surface area (Å²) in [4.78, 5) is 23.5. The largest absolute Gasteiger partial charge is 0.494 e. The summed E-state index contributed by atoms with van der Waals surface area (Å²) in [7, 11) is 1.30. The summed E-state index contributed by atoms with van der Waals surface area (Å²) in [6.07, 6.45) is 2.10. The summed E-state index contributed by atoms with van der Waals surface area (Å²) in [5.74, 6) is -2.75. The molecule has 130 valence electrons. The van der Waals surface area contributed by atoms with E-state index in [1.807, 2.05) is 0 Å². The minimum absolute atomic E-state index is 0.00163. The molecule has 25 heavy (non-hydrogen) atoms. The summed E-state index contributed by atoms with van der Waals surface area (Å²) in [5.41, 5.74) is 0.0666. The molecule has 0 unspecified atom stereocenters. The van der Waals surface area contributed by atoms with Gasteiger partial charge in [0.25, 0.3) is 0 Å². The van der Waals surface area contributed by atoms with Crippen molar-refractivity contribution in [2.45, 2.75) is 0 Å². The molecular formula is C18H13ClF2O4. The van der Waals surface area contributed by atoms with Gasteiger partial charge in [0.2, 0.25) is 0 Å². The predicted molar refractivity (Wildman–Crippen MR) is 88.7 cm³/mol. The van der Waals surface area contributed by atoms with E-state index in [1.54, 1.807) is 0 Å². The van der Waals surface area contributed by atoms with Crippen LogP contribution in [-0.2, 0) is 9.53 Å². The molecule has 0 atom stereocenters. The van der Waals surface area contributed by atoms with E-state index in [9.17, 15) is 18.4 Å². The number of halogens is 3. The number of ether oxygens (including phenoxy) is 2. The Morgan fingerprint density at radius 1 is 1.16 bits per heavy atom. The molecule has 2 aromatic rings. The lowest BCUT2D eigenvalue weighted by Gasteiger charge is -2.05. The van der Waals surface area contributed by atoms with Gasteiger partial charge in [-0.25, -0.2) is 13.6 Å². The number of benzene rings is 2. The van der Waals surface area contributed by atoms with Gasteiger partial charge in [-0.3, -0.25) is 4.79 Å². The minimum atomic E-state index is -0.860. The molecule has 0 N–H and O–H groups in total. The Balaban J connectivity index is 1.96. The Kier molecular flexibility index (Phi) is 6.25. The Morgan fingerprint density at radius 2 is 1.92 bits per heavy atom. The number of Topliss-reactive ketones (excluding diaryl/α,β-unsaturated/α-hetero) is 1. The number of hydrogen-bond acceptors (Lipinski definition) is 4. The Bertz CT molecular complexity index is 814. The Labute approximate surface area is 147 Å². The van der Waals surface area contributed by atoms with Gasteiger partial charge in [0.1, 0.15) is 5.82 Å². The van der Waals surface area contributed by atoms with Crippen molar-refractivity contribution in [2.24, 2.45) is 0 Å². The van der Waals surface area contributed by atoms with Crippen LogP contribution in [0.2, 0.25) is 5.02 Å². The topological polar surface area (TPSA) is 52.6 Å². The third-order valence-corrected chi connectivity index (χ3v) is 3.53. The first-order valence-corrected chi connectivity index (χ1v) is 7.45. The van der Waals surface area contributed by atoms with Crippen molar-refractivity contribution in [3.8, 4) is 5.75 Å². The second-order valence-electron chi connectivity index (χ2n) is 4.85. The Hall–Kier alpha value is -2.73. The number of ketones is 1. The van der Waals surface area contributed by atoms with Crippen LogP contribution in [-0.4, -0.2) is 25.5 Å². The lowest BCUT2D eigenvalue weighted by Crippen LogP contribution is -2.12. The van der Waals surface area contributed by atoms with E-state index in [4.69, 9.17) is 21.1 Å². The van der Waals surface area contributed by atoms with Gasteiger partial charge < -0.3 is 9.47 Å². The van der Waals surface area contributed by atoms with Crippen molar-refractivity contribution < 1.29 is 27.8 Å². The third-order valence-electron chi connectivity index (χ3n) is 3.21. The Morgan fingerprint density at radius 3 is 2.56 bits per heavy atom. The van der Waals surface area contributed by atoms with Crippen LogP contribution in [0.15, 0.2) is 42.5 Å². The normalized spacial score (nSPS) is 10.7. The zero-order valence-electron chi connectivity index (χ0n) is 13.1. The van der Waals surface area contributed by atoms with Gasteiger partial charge in [-0.2, -0.15) is 0 Å². The molecule has 0 aliphatic heterocycles. The first-order chi connectivity index (χ1) is 11.9. The van der Waals surface area contributed by atoms with Crippen molar-refractivity contribution in [1.82, 2.24) is 0 Å². The molecule has 0 amide bonds. The van der Waals surface area contributed by atoms with Gasteiger partial charge in [0, 0.05) is 17.2 Å². The summed E-state index contributed by atoms with van der Waals surface area (Å²) < 4.78 is 36.6. The van der Waals surface area contributed by atoms with E-state index in [0.717, 1.165) is 18.2 Å². The van der Waals surface area contributed by atoms with Crippen molar-refractivity contribution in [2.75, 3.05) is 13.7 Å². The highest BCUT2D eigenvalue weighted by Gasteiger charge is 2.12. The quantitative estimate of drug-likeness (QED) is 0.439. The summed E-state index contributed by atoms with van der Waals surface area (Å²) in [6, 6.07) is 7.73. The van der Waals surface area contributed by atoms with E-state index >= 15 is 0 Å². The molecule has 7 heteroatoms. The zero-order valence-corrected chi connectivity index (χ0v) is 13.8. The maximum absolute atomic E-state index is 13.5. The average Bonchev–Trinajstić information content (AvgIpc) is 2.59. The monoisotopic (exact) mass is 366 g/mol. The molecule has 0 spiro atoms. The summed E-state index contributed by atoms with van der Waals surface area (Å²) in [5, 5.41) is 0.133. The lowest BCUT2D eigenvalue weighted by atomic mass is 10.1. The maximum Gasteiger partial charge on any atom is 0.331 e. The van der Waals surface area contributed by atoms with Crippen LogP contribution in [0, 0.1) is 11.6 Å². The SMILES string of the molecule is COc1ccc(C(=O)COC(=O)/C=C/c2c(F)cccc2Cl)cc1F. The zero-order chi connectivity index (χ0) is 18.4. The number of hydrogen-bond donors (Lipinski definition) is 0. The highest BCUT2D eigenvalue weighted by atomic mass is 35.5. The first-order valence-electron chi connectivity index (χ1n) is 7.08. The van der Waals surface area contributed by atoms with Gasteiger partial charge in [-0.1, -0.05) is 17.7 Å². The highest BCUT2D eigenvalue weighted by Crippen LogP contribution is 2.20. The van der Waals surface area contributed by atoms with Gasteiger partial charge in [0.15, 0.2) is 24.0 Å². The molecular weight excluding hydrogens is 354 g/mol. The molecule has 0 bridgehead atoms. The highest BCUT2D eigenvalue weighted by molar-refractivity contribution is 6.32. The van der Waals surface area contributed by atoms with Crippen molar-refractivity contribution in [3.05, 3.63) is 70.3 Å². The maximum atomic E-state index is 13.5. The van der Waals surface area contributed by atoms with Crippen molar-refractivity contribution >= 4 is 29.4 Å². The van der Waals surface area contributed by atoms with Gasteiger partial charge in [-0.05, 0) is 36.4 Å². The summed E-state index contributed by atoms with van der Waals surface area (Å²) >= 11 is 5.82. The molecule has 0 aliphatic rings. The number of esters is 1. The average molecular weight is 367 g/mol. The fraction of sp³-hybridized carbons (Fsp3) is 0.111. The standard InChI is InChI=1S/C18H13ClF2O4/c1-24-17-7-5-11(9-15(17)21)16(22)10-25-18(23)8-6-12-13(19)3-2-4-14(12)20/h2-9H,10H2,1H3/b8-6+. The summed E-state index contributed by atoms with van der Waals surface area (Å²) in [6.45, 7) is -0.583. The predicted octanol–water partition coefficient (Wildman–Crippen LogP) is 4.07. The van der Waals surface area contributed by atoms with Crippen LogP contribution < -0.4 is 4.74 Å². The van der Waals surface area contributed by atoms with E-state index in [1.165, 1.54) is 37.4 Å². The lowest BCUT2D eigenvalue weighted by molar-refractivity contribution is -0.136. The molecule has 0 radical (unpaired) electrons. The molecule has 2 aromatic carbocycles. The molecule has 2 rings (SSSR count).